The summed E-state index contributed by atoms with van der Waals surface area (Å²) in [6, 6.07) is -1.21. The summed E-state index contributed by atoms with van der Waals surface area (Å²) >= 11 is 0.542. The van der Waals surface area contributed by atoms with Gasteiger partial charge in [0.25, 0.3) is 0 Å². The van der Waals surface area contributed by atoms with E-state index in [1.807, 2.05) is 0 Å². The van der Waals surface area contributed by atoms with Crippen LogP contribution in [0, 0.1) is 4.91 Å². The van der Waals surface area contributed by atoms with E-state index in [1.165, 1.54) is 20.8 Å². The smallest absolute Gasteiger partial charge is 0.246 e. The Hall–Kier alpha value is -1.31. The maximum absolute atomic E-state index is 12.5. The van der Waals surface area contributed by atoms with Crippen LogP contribution < -0.4 is 10.6 Å². The van der Waals surface area contributed by atoms with Crippen molar-refractivity contribution in [3.63, 3.8) is 0 Å². The van der Waals surface area contributed by atoms with Gasteiger partial charge in [-0.3, -0.25) is 9.59 Å². The molecule has 0 unspecified atom stereocenters. The van der Waals surface area contributed by atoms with Crippen LogP contribution in [0.25, 0.3) is 0 Å². The number of aliphatic hydroxyl groups is 4. The topological polar surface area (TPSA) is 178 Å². The number of carbonyl (C=O) groups is 2. The molecule has 0 radical (unpaired) electrons. The van der Waals surface area contributed by atoms with Gasteiger partial charge in [-0.25, -0.2) is 0 Å². The summed E-state index contributed by atoms with van der Waals surface area (Å²) in [4.78, 5) is 34.4. The van der Waals surface area contributed by atoms with Crippen molar-refractivity contribution < 1.29 is 34.8 Å². The number of nitrogens with zero attached hydrogens (tertiary/aromatic N) is 1. The molecule has 0 bridgehead atoms. The number of hydrogen-bond acceptors (Lipinski definition) is 10. The number of ether oxygens (including phenoxy) is 1. The predicted octanol–water partition coefficient (Wildman–Crippen LogP) is -2.40. The van der Waals surface area contributed by atoms with Crippen LogP contribution in [-0.4, -0.2) is 80.3 Å². The quantitative estimate of drug-likeness (QED) is 0.207. The minimum absolute atomic E-state index is 0.534. The molecule has 0 spiro atoms. The summed E-state index contributed by atoms with van der Waals surface area (Å²) in [6.07, 6.45) is -7.52. The highest BCUT2D eigenvalue weighted by Crippen LogP contribution is 2.29. The van der Waals surface area contributed by atoms with Gasteiger partial charge in [-0.05, 0) is 13.8 Å². The predicted molar refractivity (Wildman–Crippen MR) is 87.0 cm³/mol. The van der Waals surface area contributed by atoms with E-state index < -0.39 is 59.9 Å². The standard InChI is InChI=1S/C13H23N3O8S/c1-5(18)14-10(13(2,3)25-16-23)11(22)15-12-9(21)8(20)7(19)6(4-17)24-12/h6-10,12,17,19-21H,4H2,1-3H3,(H,14,18)(H,15,22)/t6-,7-,8+,9+,10+,12-/m1/s1. The zero-order valence-electron chi connectivity index (χ0n) is 13.9. The summed E-state index contributed by atoms with van der Waals surface area (Å²) < 4.78 is 6.74. The first-order valence-electron chi connectivity index (χ1n) is 7.44. The second-order valence-electron chi connectivity index (χ2n) is 6.16. The second-order valence-corrected chi connectivity index (χ2v) is 7.54. The van der Waals surface area contributed by atoms with Gasteiger partial charge in [0.2, 0.25) is 11.8 Å². The summed E-state index contributed by atoms with van der Waals surface area (Å²) in [6.45, 7) is 3.55. The van der Waals surface area contributed by atoms with Crippen LogP contribution >= 0.6 is 11.9 Å². The van der Waals surface area contributed by atoms with Crippen molar-refractivity contribution >= 4 is 23.8 Å². The first kappa shape index (κ1) is 21.7. The van der Waals surface area contributed by atoms with Crippen molar-refractivity contribution in [2.45, 2.75) is 62.2 Å². The molecular weight excluding hydrogens is 358 g/mol. The average molecular weight is 381 g/mol. The molecule has 12 heteroatoms. The van der Waals surface area contributed by atoms with E-state index >= 15 is 0 Å². The zero-order valence-corrected chi connectivity index (χ0v) is 14.8. The Morgan fingerprint density at radius 2 is 1.84 bits per heavy atom. The highest BCUT2D eigenvalue weighted by atomic mass is 32.2. The minimum Gasteiger partial charge on any atom is -0.394 e. The molecule has 1 aliphatic rings. The van der Waals surface area contributed by atoms with Crippen molar-refractivity contribution in [3.05, 3.63) is 4.91 Å². The number of aliphatic hydroxyl groups excluding tert-OH is 4. The largest absolute Gasteiger partial charge is 0.394 e. The Labute approximate surface area is 148 Å². The Bertz CT molecular complexity index is 504. The minimum atomic E-state index is -1.67. The van der Waals surface area contributed by atoms with Crippen LogP contribution in [0.4, 0.5) is 0 Å². The molecular formula is C13H23N3O8S. The molecule has 0 aromatic heterocycles. The van der Waals surface area contributed by atoms with E-state index in [4.69, 9.17) is 9.84 Å². The van der Waals surface area contributed by atoms with Gasteiger partial charge in [0, 0.05) is 23.5 Å². The number of carbonyl (C=O) groups excluding carboxylic acids is 2. The molecule has 11 nitrogen and oxygen atoms in total. The van der Waals surface area contributed by atoms with E-state index in [1.54, 1.807) is 0 Å². The average Bonchev–Trinajstić information content (AvgIpc) is 2.52. The van der Waals surface area contributed by atoms with Crippen LogP contribution in [-0.2, 0) is 14.3 Å². The number of amides is 2. The third kappa shape index (κ3) is 5.33. The first-order chi connectivity index (χ1) is 11.5. The molecule has 1 aliphatic heterocycles. The summed E-state index contributed by atoms with van der Waals surface area (Å²) in [5.74, 6) is -1.34. The van der Waals surface area contributed by atoms with Gasteiger partial charge in [0.1, 0.15) is 30.5 Å². The lowest BCUT2D eigenvalue weighted by molar-refractivity contribution is -0.236. The van der Waals surface area contributed by atoms with Crippen LogP contribution in [0.5, 0.6) is 0 Å². The van der Waals surface area contributed by atoms with Crippen molar-refractivity contribution in [2.24, 2.45) is 4.58 Å². The van der Waals surface area contributed by atoms with E-state index in [9.17, 15) is 29.8 Å². The Balaban J connectivity index is 2.94. The fraction of sp³-hybridized carbons (Fsp3) is 0.846. The SMILES string of the molecule is CC(=O)N[C@@H](C(=O)N[C@@H]1O[C@H](CO)[C@@H](O)[C@H](O)[C@@H]1O)C(C)(C)SN=O. The molecule has 1 heterocycles. The molecule has 1 fully saturated rings. The zero-order chi connectivity index (χ0) is 19.4. The third-order valence-corrected chi connectivity index (χ3v) is 4.54. The molecule has 6 N–H and O–H groups in total. The lowest BCUT2D eigenvalue weighted by Crippen LogP contribution is -2.66. The van der Waals surface area contributed by atoms with Crippen LogP contribution in [0.3, 0.4) is 0 Å². The Morgan fingerprint density at radius 1 is 1.24 bits per heavy atom. The summed E-state index contributed by atoms with van der Waals surface area (Å²) in [7, 11) is 0. The van der Waals surface area contributed by atoms with Crippen molar-refractivity contribution in [3.8, 4) is 0 Å². The molecule has 2 amide bonds. The highest BCUT2D eigenvalue weighted by molar-refractivity contribution is 7.99. The van der Waals surface area contributed by atoms with Crippen molar-refractivity contribution in [1.29, 1.82) is 0 Å². The Morgan fingerprint density at radius 3 is 2.32 bits per heavy atom. The number of hydrogen-bond donors (Lipinski definition) is 6. The number of nitrogens with one attached hydrogen (secondary N) is 2. The lowest BCUT2D eigenvalue weighted by atomic mass is 9.97. The molecule has 0 saturated carbocycles. The van der Waals surface area contributed by atoms with Crippen LogP contribution in [0.2, 0.25) is 0 Å². The van der Waals surface area contributed by atoms with Crippen LogP contribution in [0.1, 0.15) is 20.8 Å². The third-order valence-electron chi connectivity index (χ3n) is 3.75. The van der Waals surface area contributed by atoms with Gasteiger partial charge in [-0.2, -0.15) is 0 Å². The van der Waals surface area contributed by atoms with Gasteiger partial charge < -0.3 is 35.8 Å². The molecule has 0 aromatic rings. The van der Waals surface area contributed by atoms with E-state index in [0.717, 1.165) is 0 Å². The molecule has 0 aromatic carbocycles. The van der Waals surface area contributed by atoms with Crippen molar-refractivity contribution in [1.82, 2.24) is 10.6 Å². The van der Waals surface area contributed by atoms with Gasteiger partial charge in [-0.1, -0.05) is 0 Å². The summed E-state index contributed by atoms with van der Waals surface area (Å²) in [5.41, 5.74) is 0. The van der Waals surface area contributed by atoms with Gasteiger partial charge in [-0.15, -0.1) is 4.91 Å². The van der Waals surface area contributed by atoms with Gasteiger partial charge in [0.15, 0.2) is 6.23 Å². The van der Waals surface area contributed by atoms with Crippen molar-refractivity contribution in [2.75, 3.05) is 6.61 Å². The van der Waals surface area contributed by atoms with E-state index in [2.05, 4.69) is 15.2 Å². The molecule has 0 aliphatic carbocycles. The Kier molecular flexibility index (Phi) is 7.71. The van der Waals surface area contributed by atoms with Gasteiger partial charge >= 0.3 is 0 Å². The number of nitroso groups, excluding NO2 is 1. The van der Waals surface area contributed by atoms with Gasteiger partial charge in [0.05, 0.1) is 11.4 Å². The fourth-order valence-electron chi connectivity index (χ4n) is 2.35. The summed E-state index contributed by atoms with van der Waals surface area (Å²) in [5, 5.41) is 43.2. The molecule has 25 heavy (non-hydrogen) atoms. The lowest BCUT2D eigenvalue weighted by Gasteiger charge is -2.41. The normalized spacial score (nSPS) is 31.1. The molecule has 1 rings (SSSR count). The highest BCUT2D eigenvalue weighted by Gasteiger charge is 2.46. The maximum Gasteiger partial charge on any atom is 0.246 e. The molecule has 6 atom stereocenters. The van der Waals surface area contributed by atoms with E-state index in [0.29, 0.717) is 11.9 Å². The second kappa shape index (κ2) is 8.87. The maximum atomic E-state index is 12.5. The van der Waals surface area contributed by atoms with E-state index in [-0.39, 0.29) is 0 Å². The molecule has 144 valence electrons. The fourth-order valence-corrected chi connectivity index (χ4v) is 2.81. The number of rotatable bonds is 7. The molecule has 1 saturated heterocycles. The van der Waals surface area contributed by atoms with Crippen LogP contribution in [0.15, 0.2) is 4.58 Å². The first-order valence-corrected chi connectivity index (χ1v) is 8.21. The monoisotopic (exact) mass is 381 g/mol.